The molecule has 0 saturated carbocycles. The number of nitrogens with one attached hydrogen (secondary N) is 1. The summed E-state index contributed by atoms with van der Waals surface area (Å²) in [5.41, 5.74) is 10.8. The maximum atomic E-state index is 12.5. The molecule has 0 aliphatic heterocycles. The van der Waals surface area contributed by atoms with E-state index >= 15 is 0 Å². The number of anilines is 1. The normalized spacial score (nSPS) is 16.9. The molecule has 0 atom stereocenters. The lowest BCUT2D eigenvalue weighted by Gasteiger charge is -2.12. The molecule has 0 fully saturated rings. The summed E-state index contributed by atoms with van der Waals surface area (Å²) in [6.45, 7) is 0.683. The minimum atomic E-state index is -0.0629. The van der Waals surface area contributed by atoms with Gasteiger partial charge in [-0.05, 0) is 63.0 Å². The van der Waals surface area contributed by atoms with Gasteiger partial charge in [0.15, 0.2) is 0 Å². The third kappa shape index (κ3) is 2.93. The highest BCUT2D eigenvalue weighted by atomic mass is 32.1. The van der Waals surface area contributed by atoms with Crippen LogP contribution in [0.25, 0.3) is 10.2 Å². The second-order valence-electron chi connectivity index (χ2n) is 6.76. The predicted octanol–water partition coefficient (Wildman–Crippen LogP) is 3.99. The van der Waals surface area contributed by atoms with Crippen LogP contribution < -0.4 is 11.1 Å². The van der Waals surface area contributed by atoms with Gasteiger partial charge in [0, 0.05) is 17.6 Å². The first-order chi connectivity index (χ1) is 11.7. The Morgan fingerprint density at radius 3 is 3.00 bits per heavy atom. The van der Waals surface area contributed by atoms with Gasteiger partial charge in [-0.3, -0.25) is 4.79 Å². The average molecular weight is 341 g/mol. The van der Waals surface area contributed by atoms with Crippen LogP contribution in [0.3, 0.4) is 0 Å². The van der Waals surface area contributed by atoms with Gasteiger partial charge in [-0.1, -0.05) is 11.6 Å². The Morgan fingerprint density at radius 2 is 2.17 bits per heavy atom. The van der Waals surface area contributed by atoms with Crippen molar-refractivity contribution in [2.24, 2.45) is 0 Å². The highest BCUT2D eigenvalue weighted by Crippen LogP contribution is 2.35. The van der Waals surface area contributed by atoms with Crippen molar-refractivity contribution in [3.63, 3.8) is 0 Å². The van der Waals surface area contributed by atoms with Gasteiger partial charge in [0.05, 0.1) is 5.69 Å². The Hall–Kier alpha value is -1.88. The van der Waals surface area contributed by atoms with Crippen LogP contribution in [0.1, 0.15) is 59.5 Å². The summed E-state index contributed by atoms with van der Waals surface area (Å²) in [6.07, 6.45) is 11.5. The van der Waals surface area contributed by atoms with E-state index in [2.05, 4.69) is 17.5 Å². The Bertz CT molecular complexity index is 822. The monoisotopic (exact) mass is 341 g/mol. The van der Waals surface area contributed by atoms with Crippen LogP contribution in [-0.2, 0) is 12.8 Å². The van der Waals surface area contributed by atoms with Gasteiger partial charge in [-0.2, -0.15) is 0 Å². The quantitative estimate of drug-likeness (QED) is 0.826. The number of rotatable bonds is 4. The van der Waals surface area contributed by atoms with Gasteiger partial charge < -0.3 is 11.1 Å². The molecule has 2 aromatic heterocycles. The molecule has 0 unspecified atom stereocenters. The zero-order valence-electron chi connectivity index (χ0n) is 13.9. The first kappa shape index (κ1) is 15.6. The molecule has 2 aliphatic rings. The van der Waals surface area contributed by atoms with Crippen molar-refractivity contribution in [3.05, 3.63) is 33.9 Å². The van der Waals surface area contributed by atoms with Crippen LogP contribution >= 0.6 is 11.3 Å². The Kier molecular flexibility index (Phi) is 4.27. The summed E-state index contributed by atoms with van der Waals surface area (Å²) in [6, 6.07) is 2.14. The number of pyridine rings is 1. The van der Waals surface area contributed by atoms with Crippen molar-refractivity contribution >= 4 is 33.1 Å². The lowest BCUT2D eigenvalue weighted by molar-refractivity contribution is 0.0959. The first-order valence-electron chi connectivity index (χ1n) is 8.89. The molecule has 0 spiro atoms. The van der Waals surface area contributed by atoms with E-state index in [9.17, 15) is 4.79 Å². The Balaban J connectivity index is 1.48. The summed E-state index contributed by atoms with van der Waals surface area (Å²) in [5.74, 6) is -0.0629. The topological polar surface area (TPSA) is 68.0 Å². The van der Waals surface area contributed by atoms with Gasteiger partial charge in [-0.25, -0.2) is 4.98 Å². The van der Waals surface area contributed by atoms with Crippen LogP contribution in [0.2, 0.25) is 0 Å². The molecule has 0 bridgehead atoms. The van der Waals surface area contributed by atoms with E-state index < -0.39 is 0 Å². The standard InChI is InChI=1S/C19H23N3OS/c20-16-14-11-13-7-4-8-15(13)22-19(14)24-17(16)18(23)21-10-9-12-5-2-1-3-6-12/h5,11H,1-4,6-10,20H2,(H,21,23). The van der Waals surface area contributed by atoms with E-state index in [1.165, 1.54) is 60.3 Å². The number of carbonyl (C=O) groups is 1. The number of carbonyl (C=O) groups excluding carboxylic acids is 1. The molecule has 0 radical (unpaired) electrons. The van der Waals surface area contributed by atoms with Crippen LogP contribution in [-0.4, -0.2) is 17.4 Å². The summed E-state index contributed by atoms with van der Waals surface area (Å²) in [5, 5.41) is 3.97. The van der Waals surface area contributed by atoms with E-state index in [0.29, 0.717) is 17.1 Å². The fourth-order valence-corrected chi connectivity index (χ4v) is 4.73. The fourth-order valence-electron chi connectivity index (χ4n) is 3.72. The van der Waals surface area contributed by atoms with Gasteiger partial charge in [0.2, 0.25) is 0 Å². The molecule has 24 heavy (non-hydrogen) atoms. The highest BCUT2D eigenvalue weighted by molar-refractivity contribution is 7.21. The smallest absolute Gasteiger partial charge is 0.263 e. The number of fused-ring (bicyclic) bond motifs is 2. The van der Waals surface area contributed by atoms with Gasteiger partial charge >= 0.3 is 0 Å². The molecule has 2 aliphatic carbocycles. The molecule has 3 N–H and O–H groups in total. The number of hydrogen-bond donors (Lipinski definition) is 2. The zero-order chi connectivity index (χ0) is 16.5. The summed E-state index contributed by atoms with van der Waals surface area (Å²) < 4.78 is 0. The number of aryl methyl sites for hydroxylation is 2. The van der Waals surface area contributed by atoms with Gasteiger partial charge in [-0.15, -0.1) is 11.3 Å². The first-order valence-corrected chi connectivity index (χ1v) is 9.71. The van der Waals surface area contributed by atoms with E-state index in [4.69, 9.17) is 10.7 Å². The number of allylic oxidation sites excluding steroid dienone is 1. The number of aromatic nitrogens is 1. The highest BCUT2D eigenvalue weighted by Gasteiger charge is 2.20. The van der Waals surface area contributed by atoms with E-state index in [1.807, 2.05) is 0 Å². The number of nitrogen functional groups attached to an aromatic ring is 1. The van der Waals surface area contributed by atoms with Crippen LogP contribution in [0.4, 0.5) is 5.69 Å². The van der Waals surface area contributed by atoms with Gasteiger partial charge in [0.25, 0.3) is 5.91 Å². The average Bonchev–Trinajstić information content (AvgIpc) is 3.18. The predicted molar refractivity (Wildman–Crippen MR) is 99.6 cm³/mol. The molecule has 0 aromatic carbocycles. The van der Waals surface area contributed by atoms with Crippen LogP contribution in [0.15, 0.2) is 17.7 Å². The minimum Gasteiger partial charge on any atom is -0.397 e. The molecule has 5 heteroatoms. The van der Waals surface area contributed by atoms with E-state index in [0.717, 1.165) is 29.5 Å². The van der Waals surface area contributed by atoms with Crippen molar-refractivity contribution in [1.82, 2.24) is 10.3 Å². The molecule has 126 valence electrons. The lowest BCUT2D eigenvalue weighted by Crippen LogP contribution is -2.24. The molecular formula is C19H23N3OS. The summed E-state index contributed by atoms with van der Waals surface area (Å²) in [4.78, 5) is 18.7. The van der Waals surface area contributed by atoms with E-state index in [-0.39, 0.29) is 5.91 Å². The third-order valence-corrected chi connectivity index (χ3v) is 6.19. The second kappa shape index (κ2) is 6.55. The summed E-state index contributed by atoms with van der Waals surface area (Å²) >= 11 is 1.42. The number of nitrogens with two attached hydrogens (primary N) is 1. The number of amides is 1. The zero-order valence-corrected chi connectivity index (χ0v) is 14.7. The number of hydrogen-bond acceptors (Lipinski definition) is 4. The molecule has 4 nitrogen and oxygen atoms in total. The van der Waals surface area contributed by atoms with Crippen molar-refractivity contribution < 1.29 is 4.79 Å². The third-order valence-electron chi connectivity index (χ3n) is 5.07. The van der Waals surface area contributed by atoms with Crippen LogP contribution in [0, 0.1) is 0 Å². The van der Waals surface area contributed by atoms with Crippen molar-refractivity contribution in [3.8, 4) is 0 Å². The maximum Gasteiger partial charge on any atom is 0.263 e. The fraction of sp³-hybridized carbons (Fsp3) is 0.474. The molecule has 2 aromatic rings. The second-order valence-corrected chi connectivity index (χ2v) is 7.76. The van der Waals surface area contributed by atoms with Crippen molar-refractivity contribution in [1.29, 1.82) is 0 Å². The lowest BCUT2D eigenvalue weighted by atomic mass is 9.97. The Morgan fingerprint density at radius 1 is 1.25 bits per heavy atom. The largest absolute Gasteiger partial charge is 0.397 e. The molecular weight excluding hydrogens is 318 g/mol. The molecule has 2 heterocycles. The summed E-state index contributed by atoms with van der Waals surface area (Å²) in [7, 11) is 0. The minimum absolute atomic E-state index is 0.0629. The Labute approximate surface area is 146 Å². The van der Waals surface area contributed by atoms with Crippen molar-refractivity contribution in [2.75, 3.05) is 12.3 Å². The van der Waals surface area contributed by atoms with Crippen LogP contribution in [0.5, 0.6) is 0 Å². The number of thiophene rings is 1. The molecule has 1 amide bonds. The van der Waals surface area contributed by atoms with Crippen molar-refractivity contribution in [2.45, 2.75) is 51.4 Å². The molecule has 0 saturated heterocycles. The molecule has 4 rings (SSSR count). The number of nitrogens with zero attached hydrogens (tertiary/aromatic N) is 1. The van der Waals surface area contributed by atoms with Gasteiger partial charge in [0.1, 0.15) is 9.71 Å². The van der Waals surface area contributed by atoms with E-state index in [1.54, 1.807) is 0 Å². The maximum absolute atomic E-state index is 12.5. The SMILES string of the molecule is Nc1c(C(=O)NCCC2=CCCCC2)sc2nc3c(cc12)CCC3.